The second-order valence-electron chi connectivity index (χ2n) is 4.99. The molecule has 100 valence electrons. The summed E-state index contributed by atoms with van der Waals surface area (Å²) >= 11 is 0. The summed E-state index contributed by atoms with van der Waals surface area (Å²) in [6.45, 7) is 4.56. The monoisotopic (exact) mass is 251 g/mol. The summed E-state index contributed by atoms with van der Waals surface area (Å²) in [5.41, 5.74) is 0. The molecule has 2 N–H and O–H groups in total. The van der Waals surface area contributed by atoms with Crippen molar-refractivity contribution >= 4 is 0 Å². The summed E-state index contributed by atoms with van der Waals surface area (Å²) in [5, 5.41) is 12.9. The normalized spacial score (nSPS) is 24.9. The third-order valence-corrected chi connectivity index (χ3v) is 2.96. The molecule has 5 heteroatoms. The van der Waals surface area contributed by atoms with Gasteiger partial charge in [-0.05, 0) is 33.1 Å². The molecule has 0 spiro atoms. The number of β-amino-alcohol motifs (C(OH)–C–C–N with tert-alkyl or cyclic N) is 1. The van der Waals surface area contributed by atoms with Gasteiger partial charge in [-0.3, -0.25) is 0 Å². The fourth-order valence-corrected chi connectivity index (χ4v) is 2.10. The van der Waals surface area contributed by atoms with E-state index >= 15 is 0 Å². The maximum Gasteiger partial charge on any atom is 0.156 e. The maximum absolute atomic E-state index is 9.57. The van der Waals surface area contributed by atoms with Crippen molar-refractivity contribution in [3.05, 3.63) is 18.2 Å². The van der Waals surface area contributed by atoms with E-state index in [-0.39, 0.29) is 18.2 Å². The van der Waals surface area contributed by atoms with Crippen LogP contribution in [0.25, 0.3) is 0 Å². The molecule has 1 aromatic heterocycles. The molecule has 0 radical (unpaired) electrons. The summed E-state index contributed by atoms with van der Waals surface area (Å²) in [5.74, 6) is 1.47. The number of aliphatic hydroxyl groups is 1. The second-order valence-corrected chi connectivity index (χ2v) is 4.99. The first-order valence-corrected chi connectivity index (χ1v) is 6.55. The molecule has 2 rings (SSSR count). The van der Waals surface area contributed by atoms with Gasteiger partial charge in [-0.25, -0.2) is 9.97 Å². The fourth-order valence-electron chi connectivity index (χ4n) is 2.10. The zero-order chi connectivity index (χ0) is 13.0. The van der Waals surface area contributed by atoms with E-state index in [1.807, 2.05) is 13.8 Å². The number of aliphatic hydroxyl groups excluding tert-OH is 1. The van der Waals surface area contributed by atoms with Crippen molar-refractivity contribution in [1.82, 2.24) is 15.3 Å². The Labute approximate surface area is 108 Å². The van der Waals surface area contributed by atoms with Gasteiger partial charge in [0, 0.05) is 6.54 Å². The van der Waals surface area contributed by atoms with Crippen LogP contribution in [0.1, 0.15) is 45.0 Å². The van der Waals surface area contributed by atoms with Crippen molar-refractivity contribution in [1.29, 1.82) is 0 Å². The number of nitrogens with zero attached hydrogens (tertiary/aromatic N) is 2. The van der Waals surface area contributed by atoms with Crippen molar-refractivity contribution in [2.75, 3.05) is 6.54 Å². The molecule has 2 atom stereocenters. The SMILES string of the molecule is CC(C)Oc1cnc(C2CCCC(O)CN2)nc1. The molecule has 18 heavy (non-hydrogen) atoms. The third kappa shape index (κ3) is 3.65. The van der Waals surface area contributed by atoms with E-state index in [4.69, 9.17) is 4.74 Å². The Kier molecular flexibility index (Phi) is 4.49. The van der Waals surface area contributed by atoms with Gasteiger partial charge >= 0.3 is 0 Å². The van der Waals surface area contributed by atoms with Crippen LogP contribution in [0.15, 0.2) is 12.4 Å². The third-order valence-electron chi connectivity index (χ3n) is 2.96. The van der Waals surface area contributed by atoms with Crippen molar-refractivity contribution in [2.24, 2.45) is 0 Å². The molecule has 1 aliphatic heterocycles. The fraction of sp³-hybridized carbons (Fsp3) is 0.692. The Bertz CT molecular complexity index is 367. The molecule has 0 aliphatic carbocycles. The zero-order valence-corrected chi connectivity index (χ0v) is 11.0. The van der Waals surface area contributed by atoms with Gasteiger partial charge < -0.3 is 15.2 Å². The van der Waals surface area contributed by atoms with Crippen LogP contribution >= 0.6 is 0 Å². The van der Waals surface area contributed by atoms with E-state index in [1.165, 1.54) is 0 Å². The van der Waals surface area contributed by atoms with Gasteiger partial charge in [-0.15, -0.1) is 0 Å². The van der Waals surface area contributed by atoms with Crippen LogP contribution in [0, 0.1) is 0 Å². The minimum atomic E-state index is -0.251. The Balaban J connectivity index is 2.00. The van der Waals surface area contributed by atoms with Gasteiger partial charge in [0.05, 0.1) is 30.6 Å². The smallest absolute Gasteiger partial charge is 0.156 e. The quantitative estimate of drug-likeness (QED) is 0.851. The molecule has 0 amide bonds. The molecule has 0 saturated carbocycles. The van der Waals surface area contributed by atoms with Crippen LogP contribution in [0.4, 0.5) is 0 Å². The molecule has 1 fully saturated rings. The van der Waals surface area contributed by atoms with Crippen LogP contribution < -0.4 is 10.1 Å². The zero-order valence-electron chi connectivity index (χ0n) is 11.0. The molecular formula is C13H21N3O2. The molecule has 0 bridgehead atoms. The van der Waals surface area contributed by atoms with Gasteiger partial charge in [-0.2, -0.15) is 0 Å². The Morgan fingerprint density at radius 1 is 1.33 bits per heavy atom. The molecule has 2 unspecified atom stereocenters. The highest BCUT2D eigenvalue weighted by molar-refractivity contribution is 5.14. The van der Waals surface area contributed by atoms with Crippen LogP contribution in [0.3, 0.4) is 0 Å². The summed E-state index contributed by atoms with van der Waals surface area (Å²) < 4.78 is 5.51. The van der Waals surface area contributed by atoms with E-state index in [0.29, 0.717) is 12.3 Å². The first kappa shape index (κ1) is 13.2. The number of rotatable bonds is 3. The van der Waals surface area contributed by atoms with Gasteiger partial charge in [0.25, 0.3) is 0 Å². The highest BCUT2D eigenvalue weighted by Gasteiger charge is 2.19. The Morgan fingerprint density at radius 3 is 2.72 bits per heavy atom. The number of hydrogen-bond donors (Lipinski definition) is 2. The predicted molar refractivity (Wildman–Crippen MR) is 68.4 cm³/mol. The molecule has 0 aromatic carbocycles. The largest absolute Gasteiger partial charge is 0.488 e. The van der Waals surface area contributed by atoms with Crippen molar-refractivity contribution < 1.29 is 9.84 Å². The number of aromatic nitrogens is 2. The number of ether oxygens (including phenoxy) is 1. The first-order valence-electron chi connectivity index (χ1n) is 6.55. The molecule has 5 nitrogen and oxygen atoms in total. The average Bonchev–Trinajstić information content (AvgIpc) is 2.54. The minimum absolute atomic E-state index is 0.130. The van der Waals surface area contributed by atoms with Crippen LogP contribution in [-0.2, 0) is 0 Å². The van der Waals surface area contributed by atoms with E-state index in [1.54, 1.807) is 12.4 Å². The summed E-state index contributed by atoms with van der Waals surface area (Å²) in [7, 11) is 0. The highest BCUT2D eigenvalue weighted by Crippen LogP contribution is 2.20. The summed E-state index contributed by atoms with van der Waals surface area (Å²) in [4.78, 5) is 8.68. The van der Waals surface area contributed by atoms with Crippen molar-refractivity contribution in [3.8, 4) is 5.75 Å². The van der Waals surface area contributed by atoms with E-state index < -0.39 is 0 Å². The minimum Gasteiger partial charge on any atom is -0.488 e. The maximum atomic E-state index is 9.57. The van der Waals surface area contributed by atoms with Gasteiger partial charge in [0.15, 0.2) is 5.75 Å². The number of nitrogens with one attached hydrogen (secondary N) is 1. The average molecular weight is 251 g/mol. The molecule has 1 aliphatic rings. The van der Waals surface area contributed by atoms with E-state index in [9.17, 15) is 5.11 Å². The molecule has 2 heterocycles. The van der Waals surface area contributed by atoms with Crippen LogP contribution in [0.2, 0.25) is 0 Å². The topological polar surface area (TPSA) is 67.3 Å². The van der Waals surface area contributed by atoms with Crippen LogP contribution in [0.5, 0.6) is 5.75 Å². The second kappa shape index (κ2) is 6.11. The lowest BCUT2D eigenvalue weighted by atomic mass is 10.1. The van der Waals surface area contributed by atoms with Gasteiger partial charge in [0.1, 0.15) is 5.82 Å². The van der Waals surface area contributed by atoms with Crippen molar-refractivity contribution in [3.63, 3.8) is 0 Å². The lowest BCUT2D eigenvalue weighted by Gasteiger charge is -2.15. The highest BCUT2D eigenvalue weighted by atomic mass is 16.5. The molecule has 1 saturated heterocycles. The standard InChI is InChI=1S/C13H21N3O2/c1-9(2)18-11-7-15-13(16-8-11)12-5-3-4-10(17)6-14-12/h7-10,12,14,17H,3-6H2,1-2H3. The van der Waals surface area contributed by atoms with Gasteiger partial charge in [-0.1, -0.05) is 0 Å². The predicted octanol–water partition coefficient (Wildman–Crippen LogP) is 1.44. The molecule has 1 aromatic rings. The van der Waals surface area contributed by atoms with E-state index in [0.717, 1.165) is 25.1 Å². The van der Waals surface area contributed by atoms with Crippen molar-refractivity contribution in [2.45, 2.75) is 51.4 Å². The lowest BCUT2D eigenvalue weighted by Crippen LogP contribution is -2.28. The molecular weight excluding hydrogens is 230 g/mol. The summed E-state index contributed by atoms with van der Waals surface area (Å²) in [6.07, 6.45) is 6.10. The van der Waals surface area contributed by atoms with E-state index in [2.05, 4.69) is 15.3 Å². The lowest BCUT2D eigenvalue weighted by molar-refractivity contribution is 0.167. The summed E-state index contributed by atoms with van der Waals surface area (Å²) in [6, 6.07) is 0.134. The van der Waals surface area contributed by atoms with Crippen LogP contribution in [-0.4, -0.2) is 33.8 Å². The first-order chi connectivity index (χ1) is 8.65. The Hall–Kier alpha value is -1.20. The van der Waals surface area contributed by atoms with Gasteiger partial charge in [0.2, 0.25) is 0 Å². The Morgan fingerprint density at radius 2 is 2.06 bits per heavy atom. The number of hydrogen-bond acceptors (Lipinski definition) is 5.